The van der Waals surface area contributed by atoms with Crippen LogP contribution in [0.15, 0.2) is 72.9 Å². The number of hydrogen-bond acceptors (Lipinski definition) is 2. The van der Waals surface area contributed by atoms with Crippen molar-refractivity contribution in [2.45, 2.75) is 13.5 Å². The molecule has 29 heavy (non-hydrogen) atoms. The average molecular weight is 385 g/mol. The van der Waals surface area contributed by atoms with Crippen molar-refractivity contribution in [3.05, 3.63) is 95.7 Å². The summed E-state index contributed by atoms with van der Waals surface area (Å²) < 4.78 is 29.1. The van der Waals surface area contributed by atoms with Crippen LogP contribution in [0, 0.1) is 18.6 Å². The van der Waals surface area contributed by atoms with Crippen LogP contribution in [0.1, 0.15) is 11.1 Å². The summed E-state index contributed by atoms with van der Waals surface area (Å²) >= 11 is 0. The van der Waals surface area contributed by atoms with E-state index < -0.39 is 0 Å². The average Bonchev–Trinajstić information content (AvgIpc) is 3.12. The summed E-state index contributed by atoms with van der Waals surface area (Å²) in [7, 11) is 0. The smallest absolute Gasteiger partial charge is 0.123 e. The number of rotatable bonds is 3. The van der Waals surface area contributed by atoms with Gasteiger partial charge in [-0.1, -0.05) is 23.8 Å². The van der Waals surface area contributed by atoms with Crippen LogP contribution in [-0.4, -0.2) is 14.8 Å². The van der Waals surface area contributed by atoms with Crippen molar-refractivity contribution in [2.75, 3.05) is 0 Å². The van der Waals surface area contributed by atoms with Gasteiger partial charge in [0, 0.05) is 29.3 Å². The maximum atomic E-state index is 13.7. The number of pyridine rings is 1. The van der Waals surface area contributed by atoms with Crippen molar-refractivity contribution >= 4 is 10.9 Å². The number of fused-ring (bicyclic) bond motifs is 3. The second kappa shape index (κ2) is 6.78. The van der Waals surface area contributed by atoms with E-state index in [1.54, 1.807) is 24.3 Å². The molecule has 0 N–H and O–H groups in total. The molecule has 0 spiro atoms. The molecule has 2 aliphatic heterocycles. The number of aryl methyl sites for hydroxylation is 1. The first-order valence-electron chi connectivity index (χ1n) is 9.35. The Morgan fingerprint density at radius 2 is 1.62 bits per heavy atom. The molecule has 0 amide bonds. The summed E-state index contributed by atoms with van der Waals surface area (Å²) in [6.45, 7) is 2.55. The van der Waals surface area contributed by atoms with Crippen molar-refractivity contribution in [3.8, 4) is 22.5 Å². The number of aromatic nitrogens is 3. The van der Waals surface area contributed by atoms with E-state index in [1.807, 2.05) is 25.3 Å². The molecule has 2 aliphatic rings. The van der Waals surface area contributed by atoms with Crippen molar-refractivity contribution in [1.82, 2.24) is 14.8 Å². The third-order valence-electron chi connectivity index (χ3n) is 5.12. The Morgan fingerprint density at radius 1 is 0.828 bits per heavy atom. The highest BCUT2D eigenvalue weighted by molar-refractivity contribution is 5.98. The first-order valence-corrected chi connectivity index (χ1v) is 9.35. The predicted octanol–water partition coefficient (Wildman–Crippen LogP) is 5.84. The zero-order valence-electron chi connectivity index (χ0n) is 15.7. The maximum Gasteiger partial charge on any atom is 0.123 e. The minimum absolute atomic E-state index is 0.257. The van der Waals surface area contributed by atoms with Crippen LogP contribution in [0.25, 0.3) is 33.4 Å². The van der Waals surface area contributed by atoms with Crippen molar-refractivity contribution in [1.29, 1.82) is 0 Å². The van der Waals surface area contributed by atoms with Crippen LogP contribution in [0.5, 0.6) is 0 Å². The van der Waals surface area contributed by atoms with Gasteiger partial charge in [-0.2, -0.15) is 0 Å². The lowest BCUT2D eigenvalue weighted by atomic mass is 10.0. The Kier molecular flexibility index (Phi) is 4.09. The molecular weight excluding hydrogens is 368 g/mol. The van der Waals surface area contributed by atoms with Crippen LogP contribution < -0.4 is 0 Å². The van der Waals surface area contributed by atoms with Gasteiger partial charge in [-0.25, -0.2) is 8.78 Å². The lowest BCUT2D eigenvalue weighted by Gasteiger charge is -2.16. The SMILES string of the molecule is Cc1ccc2c(c1)c1nnc(-c3ccc(F)cc3)c-1cn2Cc1cccc(F)c1. The standard InChI is InChI=1S/C24H17F2N3/c1-15-5-10-22-20(11-15)24-21(14-29(22)13-16-3-2-4-19(26)12-16)23(27-28-24)17-6-8-18(25)9-7-17/h2-12,14H,13H2,1H3. The fourth-order valence-corrected chi connectivity index (χ4v) is 3.74. The second-order valence-corrected chi connectivity index (χ2v) is 7.23. The first-order chi connectivity index (χ1) is 14.1. The molecule has 2 heterocycles. The normalized spacial score (nSPS) is 11.4. The van der Waals surface area contributed by atoms with Gasteiger partial charge >= 0.3 is 0 Å². The molecule has 5 heteroatoms. The molecule has 0 aliphatic carbocycles. The Morgan fingerprint density at radius 3 is 2.41 bits per heavy atom. The lowest BCUT2D eigenvalue weighted by Crippen LogP contribution is -2.04. The van der Waals surface area contributed by atoms with Crippen LogP contribution in [0.2, 0.25) is 0 Å². The lowest BCUT2D eigenvalue weighted by molar-refractivity contribution is 0.624. The number of nitrogens with zero attached hydrogens (tertiary/aromatic N) is 3. The molecule has 0 fully saturated rings. The Balaban J connectivity index is 1.74. The predicted molar refractivity (Wildman–Crippen MR) is 110 cm³/mol. The Bertz CT molecular complexity index is 1310. The molecule has 0 saturated carbocycles. The first kappa shape index (κ1) is 17.5. The Hall–Kier alpha value is -3.60. The molecular formula is C24H17F2N3. The molecule has 0 unspecified atom stereocenters. The van der Waals surface area contributed by atoms with E-state index in [-0.39, 0.29) is 11.6 Å². The van der Waals surface area contributed by atoms with Gasteiger partial charge in [0.25, 0.3) is 0 Å². The van der Waals surface area contributed by atoms with E-state index in [4.69, 9.17) is 0 Å². The van der Waals surface area contributed by atoms with Gasteiger partial charge in [0.2, 0.25) is 0 Å². The maximum absolute atomic E-state index is 13.7. The Labute approximate surface area is 166 Å². The number of hydrogen-bond donors (Lipinski definition) is 0. The third-order valence-corrected chi connectivity index (χ3v) is 5.12. The van der Waals surface area contributed by atoms with Crippen LogP contribution in [0.3, 0.4) is 0 Å². The summed E-state index contributed by atoms with van der Waals surface area (Å²) in [6, 6.07) is 19.0. The van der Waals surface area contributed by atoms with E-state index >= 15 is 0 Å². The van der Waals surface area contributed by atoms with E-state index in [1.165, 1.54) is 18.2 Å². The fraction of sp³-hybridized carbons (Fsp3) is 0.0833. The molecule has 5 rings (SSSR count). The van der Waals surface area contributed by atoms with Crippen LogP contribution in [0.4, 0.5) is 8.78 Å². The van der Waals surface area contributed by atoms with Crippen LogP contribution >= 0.6 is 0 Å². The van der Waals surface area contributed by atoms with Gasteiger partial charge < -0.3 is 4.57 Å². The van der Waals surface area contributed by atoms with Crippen molar-refractivity contribution < 1.29 is 8.78 Å². The highest BCUT2D eigenvalue weighted by atomic mass is 19.1. The molecule has 3 aromatic carbocycles. The fourth-order valence-electron chi connectivity index (χ4n) is 3.74. The number of halogens is 2. The molecule has 3 nitrogen and oxygen atoms in total. The molecule has 142 valence electrons. The highest BCUT2D eigenvalue weighted by Gasteiger charge is 2.20. The molecule has 0 saturated heterocycles. The zero-order chi connectivity index (χ0) is 20.0. The van der Waals surface area contributed by atoms with Crippen LogP contribution in [-0.2, 0) is 6.54 Å². The van der Waals surface area contributed by atoms with Crippen molar-refractivity contribution in [2.24, 2.45) is 0 Å². The summed E-state index contributed by atoms with van der Waals surface area (Å²) in [6.07, 6.45) is 2.00. The van der Waals surface area contributed by atoms with E-state index in [2.05, 4.69) is 26.9 Å². The molecule has 0 aromatic heterocycles. The topological polar surface area (TPSA) is 30.7 Å². The third kappa shape index (κ3) is 3.14. The number of benzene rings is 3. The minimum Gasteiger partial charge on any atom is -0.342 e. The summed E-state index contributed by atoms with van der Waals surface area (Å²) in [5.74, 6) is -0.548. The van der Waals surface area contributed by atoms with E-state index in [0.29, 0.717) is 12.2 Å². The summed E-state index contributed by atoms with van der Waals surface area (Å²) in [5, 5.41) is 9.81. The molecule has 0 bridgehead atoms. The van der Waals surface area contributed by atoms with Gasteiger partial charge in [-0.15, -0.1) is 10.2 Å². The minimum atomic E-state index is -0.292. The quantitative estimate of drug-likeness (QED) is 0.391. The zero-order valence-corrected chi connectivity index (χ0v) is 15.7. The largest absolute Gasteiger partial charge is 0.342 e. The van der Waals surface area contributed by atoms with Crippen molar-refractivity contribution in [3.63, 3.8) is 0 Å². The van der Waals surface area contributed by atoms with Gasteiger partial charge in [0.1, 0.15) is 23.0 Å². The highest BCUT2D eigenvalue weighted by Crippen LogP contribution is 2.37. The molecule has 0 radical (unpaired) electrons. The van der Waals surface area contributed by atoms with Gasteiger partial charge in [-0.05, 0) is 61.0 Å². The van der Waals surface area contributed by atoms with Gasteiger partial charge in [0.05, 0.1) is 5.52 Å². The molecule has 3 aromatic rings. The van der Waals surface area contributed by atoms with E-state index in [9.17, 15) is 8.78 Å². The molecule has 0 atom stereocenters. The summed E-state index contributed by atoms with van der Waals surface area (Å²) in [5.41, 5.74) is 6.18. The van der Waals surface area contributed by atoms with Gasteiger partial charge in [0.15, 0.2) is 0 Å². The van der Waals surface area contributed by atoms with E-state index in [0.717, 1.165) is 38.9 Å². The second-order valence-electron chi connectivity index (χ2n) is 7.23. The van der Waals surface area contributed by atoms with Gasteiger partial charge in [-0.3, -0.25) is 0 Å². The summed E-state index contributed by atoms with van der Waals surface area (Å²) in [4.78, 5) is 0. The monoisotopic (exact) mass is 385 g/mol.